The fourth-order valence-corrected chi connectivity index (χ4v) is 3.12. The second-order valence-electron chi connectivity index (χ2n) is 4.25. The molecule has 1 amide bonds. The van der Waals surface area contributed by atoms with Gasteiger partial charge in [0, 0.05) is 13.0 Å². The Morgan fingerprint density at radius 3 is 2.67 bits per heavy atom. The van der Waals surface area contributed by atoms with Crippen molar-refractivity contribution in [3.05, 3.63) is 24.3 Å². The highest BCUT2D eigenvalue weighted by atomic mass is 32.2. The maximum absolute atomic E-state index is 12.1. The zero-order chi connectivity index (χ0) is 13.0. The lowest BCUT2D eigenvalue weighted by molar-refractivity contribution is -0.116. The maximum Gasteiger partial charge on any atom is 0.242 e. The topological polar surface area (TPSA) is 75.3 Å². The Labute approximate surface area is 107 Å². The van der Waals surface area contributed by atoms with Gasteiger partial charge in [0.15, 0.2) is 0 Å². The van der Waals surface area contributed by atoms with Crippen molar-refractivity contribution in [3.8, 4) is 0 Å². The number of benzene rings is 1. The Bertz CT molecular complexity index is 540. The van der Waals surface area contributed by atoms with E-state index in [1.165, 1.54) is 6.07 Å². The average molecular weight is 268 g/mol. The highest BCUT2D eigenvalue weighted by Crippen LogP contribution is 2.21. The fourth-order valence-electron chi connectivity index (χ4n) is 1.89. The van der Waals surface area contributed by atoms with Crippen LogP contribution in [0.1, 0.15) is 25.7 Å². The number of sulfonamides is 1. The number of carbonyl (C=O) groups excluding carboxylic acids is 1. The van der Waals surface area contributed by atoms with Crippen LogP contribution in [0.3, 0.4) is 0 Å². The summed E-state index contributed by atoms with van der Waals surface area (Å²) in [7, 11) is -3.55. The number of anilines is 1. The molecule has 0 saturated heterocycles. The van der Waals surface area contributed by atoms with Crippen molar-refractivity contribution in [1.82, 2.24) is 4.72 Å². The van der Waals surface area contributed by atoms with Gasteiger partial charge in [0.1, 0.15) is 4.90 Å². The number of hydrogen-bond acceptors (Lipinski definition) is 3. The van der Waals surface area contributed by atoms with E-state index in [1.807, 2.05) is 0 Å². The highest BCUT2D eigenvalue weighted by molar-refractivity contribution is 7.89. The summed E-state index contributed by atoms with van der Waals surface area (Å²) in [5.41, 5.74) is 0.344. The summed E-state index contributed by atoms with van der Waals surface area (Å²) in [6, 6.07) is 6.44. The third-order valence-corrected chi connectivity index (χ3v) is 4.34. The van der Waals surface area contributed by atoms with Crippen LogP contribution in [-0.2, 0) is 14.8 Å². The summed E-state index contributed by atoms with van der Waals surface area (Å²) >= 11 is 0. The molecule has 0 aliphatic carbocycles. The lowest BCUT2D eigenvalue weighted by Crippen LogP contribution is -2.25. The number of fused-ring (bicyclic) bond motifs is 1. The van der Waals surface area contributed by atoms with E-state index in [0.717, 1.165) is 19.3 Å². The van der Waals surface area contributed by atoms with Gasteiger partial charge in [-0.05, 0) is 25.0 Å². The van der Waals surface area contributed by atoms with E-state index >= 15 is 0 Å². The summed E-state index contributed by atoms with van der Waals surface area (Å²) in [6.07, 6.45) is 2.78. The molecule has 18 heavy (non-hydrogen) atoms. The first-order valence-corrected chi connectivity index (χ1v) is 7.46. The van der Waals surface area contributed by atoms with E-state index in [-0.39, 0.29) is 10.8 Å². The first kappa shape index (κ1) is 13.0. The zero-order valence-electron chi connectivity index (χ0n) is 9.98. The number of rotatable bonds is 0. The van der Waals surface area contributed by atoms with Crippen molar-refractivity contribution in [2.45, 2.75) is 30.6 Å². The van der Waals surface area contributed by atoms with Crippen LogP contribution in [0.5, 0.6) is 0 Å². The van der Waals surface area contributed by atoms with E-state index < -0.39 is 10.0 Å². The summed E-state index contributed by atoms with van der Waals surface area (Å²) in [5, 5.41) is 2.66. The molecule has 1 aromatic rings. The third-order valence-electron chi connectivity index (χ3n) is 2.82. The van der Waals surface area contributed by atoms with Gasteiger partial charge < -0.3 is 5.32 Å². The Balaban J connectivity index is 2.39. The molecule has 2 N–H and O–H groups in total. The molecule has 6 heteroatoms. The van der Waals surface area contributed by atoms with Gasteiger partial charge in [-0.25, -0.2) is 13.1 Å². The summed E-state index contributed by atoms with van der Waals surface area (Å²) < 4.78 is 26.7. The molecule has 0 spiro atoms. The molecule has 98 valence electrons. The molecule has 0 bridgehead atoms. The number of carbonyl (C=O) groups is 1. The molecule has 1 aliphatic rings. The van der Waals surface area contributed by atoms with E-state index in [4.69, 9.17) is 0 Å². The lowest BCUT2D eigenvalue weighted by Gasteiger charge is -2.11. The van der Waals surface area contributed by atoms with Crippen LogP contribution in [0.4, 0.5) is 5.69 Å². The number of amides is 1. The standard InChI is InChI=1S/C12H16N2O3S/c15-12-8-2-1-5-9-13-18(16,17)11-7-4-3-6-10(11)14-12/h3-4,6-7,13H,1-2,5,8-9H2,(H,14,15). The van der Waals surface area contributed by atoms with Gasteiger partial charge in [-0.2, -0.15) is 0 Å². The molecule has 1 heterocycles. The van der Waals surface area contributed by atoms with Gasteiger partial charge in [0.2, 0.25) is 15.9 Å². The van der Waals surface area contributed by atoms with Gasteiger partial charge in [0.05, 0.1) is 5.69 Å². The Kier molecular flexibility index (Phi) is 3.98. The highest BCUT2D eigenvalue weighted by Gasteiger charge is 2.19. The number of hydrogen-bond donors (Lipinski definition) is 2. The van der Waals surface area contributed by atoms with Crippen molar-refractivity contribution >= 4 is 21.6 Å². The van der Waals surface area contributed by atoms with Crippen LogP contribution in [0, 0.1) is 0 Å². The minimum atomic E-state index is -3.55. The quantitative estimate of drug-likeness (QED) is 0.748. The fraction of sp³-hybridized carbons (Fsp3) is 0.417. The molecule has 2 rings (SSSR count). The Morgan fingerprint density at radius 2 is 1.83 bits per heavy atom. The molecule has 1 aliphatic heterocycles. The van der Waals surface area contributed by atoms with Crippen LogP contribution < -0.4 is 10.0 Å². The van der Waals surface area contributed by atoms with Gasteiger partial charge in [0.25, 0.3) is 0 Å². The summed E-state index contributed by atoms with van der Waals surface area (Å²) in [4.78, 5) is 11.8. The first-order valence-electron chi connectivity index (χ1n) is 5.98. The second kappa shape index (κ2) is 5.49. The van der Waals surface area contributed by atoms with Crippen LogP contribution in [-0.4, -0.2) is 20.9 Å². The normalized spacial score (nSPS) is 20.3. The third kappa shape index (κ3) is 3.08. The molecule has 1 aromatic carbocycles. The van der Waals surface area contributed by atoms with Crippen LogP contribution in [0.25, 0.3) is 0 Å². The van der Waals surface area contributed by atoms with Crippen molar-refractivity contribution in [2.75, 3.05) is 11.9 Å². The SMILES string of the molecule is O=C1CCCCCNS(=O)(=O)c2ccccc2N1. The molecule has 5 nitrogen and oxygen atoms in total. The molecule has 0 atom stereocenters. The number of nitrogens with one attached hydrogen (secondary N) is 2. The van der Waals surface area contributed by atoms with Crippen molar-refractivity contribution in [1.29, 1.82) is 0 Å². The molecule has 0 unspecified atom stereocenters. The van der Waals surface area contributed by atoms with Gasteiger partial charge >= 0.3 is 0 Å². The van der Waals surface area contributed by atoms with Crippen LogP contribution >= 0.6 is 0 Å². The Hall–Kier alpha value is -1.40. The van der Waals surface area contributed by atoms with Crippen LogP contribution in [0.2, 0.25) is 0 Å². The predicted molar refractivity (Wildman–Crippen MR) is 68.7 cm³/mol. The van der Waals surface area contributed by atoms with E-state index in [9.17, 15) is 13.2 Å². The lowest BCUT2D eigenvalue weighted by atomic mass is 10.2. The minimum absolute atomic E-state index is 0.125. The van der Waals surface area contributed by atoms with E-state index in [2.05, 4.69) is 10.0 Å². The molecule has 0 saturated carbocycles. The first-order chi connectivity index (χ1) is 8.59. The average Bonchev–Trinajstić information content (AvgIpc) is 2.35. The molecular weight excluding hydrogens is 252 g/mol. The van der Waals surface area contributed by atoms with Crippen LogP contribution in [0.15, 0.2) is 29.2 Å². The molecule has 0 fully saturated rings. The smallest absolute Gasteiger partial charge is 0.242 e. The van der Waals surface area contributed by atoms with Gasteiger partial charge in [-0.1, -0.05) is 18.6 Å². The molecule has 0 radical (unpaired) electrons. The largest absolute Gasteiger partial charge is 0.325 e. The predicted octanol–water partition coefficient (Wildman–Crippen LogP) is 1.48. The molecular formula is C12H16N2O3S. The monoisotopic (exact) mass is 268 g/mol. The van der Waals surface area contributed by atoms with E-state index in [0.29, 0.717) is 18.7 Å². The van der Waals surface area contributed by atoms with Crippen molar-refractivity contribution in [3.63, 3.8) is 0 Å². The van der Waals surface area contributed by atoms with E-state index in [1.54, 1.807) is 18.2 Å². The molecule has 0 aromatic heterocycles. The summed E-state index contributed by atoms with van der Waals surface area (Å²) in [6.45, 7) is 0.408. The number of para-hydroxylation sites is 1. The van der Waals surface area contributed by atoms with Crippen molar-refractivity contribution < 1.29 is 13.2 Å². The summed E-state index contributed by atoms with van der Waals surface area (Å²) in [5.74, 6) is -0.139. The second-order valence-corrected chi connectivity index (χ2v) is 5.99. The van der Waals surface area contributed by atoms with Crippen molar-refractivity contribution in [2.24, 2.45) is 0 Å². The minimum Gasteiger partial charge on any atom is -0.325 e. The van der Waals surface area contributed by atoms with Gasteiger partial charge in [-0.3, -0.25) is 4.79 Å². The Morgan fingerprint density at radius 1 is 1.06 bits per heavy atom. The maximum atomic E-state index is 12.1. The zero-order valence-corrected chi connectivity index (χ0v) is 10.8. The van der Waals surface area contributed by atoms with Gasteiger partial charge in [-0.15, -0.1) is 0 Å².